The lowest BCUT2D eigenvalue weighted by molar-refractivity contribution is -0.138. The van der Waals surface area contributed by atoms with E-state index >= 15 is 0 Å². The van der Waals surface area contributed by atoms with Gasteiger partial charge in [0.25, 0.3) is 0 Å². The minimum absolute atomic E-state index is 0.0665. The van der Waals surface area contributed by atoms with Gasteiger partial charge in [-0.3, -0.25) is 14.5 Å². The number of aryl methyl sites for hydroxylation is 1. The molecule has 1 heterocycles. The molecule has 5 heteroatoms. The van der Waals surface area contributed by atoms with Crippen LogP contribution in [0, 0.1) is 18.8 Å². The maximum Gasteiger partial charge on any atom is 0.237 e. The molecular formula is C24H37N3O2. The van der Waals surface area contributed by atoms with Gasteiger partial charge in [0.2, 0.25) is 11.8 Å². The summed E-state index contributed by atoms with van der Waals surface area (Å²) in [6, 6.07) is 8.25. The first kappa shape index (κ1) is 21.8. The molecule has 1 saturated carbocycles. The minimum atomic E-state index is -0.0665. The summed E-state index contributed by atoms with van der Waals surface area (Å²) in [6.45, 7) is 9.78. The molecule has 0 spiro atoms. The average Bonchev–Trinajstić information content (AvgIpc) is 3.26. The highest BCUT2D eigenvalue weighted by molar-refractivity contribution is 5.82. The zero-order valence-corrected chi connectivity index (χ0v) is 18.3. The van der Waals surface area contributed by atoms with Crippen LogP contribution in [-0.2, 0) is 16.1 Å². The lowest BCUT2D eigenvalue weighted by Gasteiger charge is -2.41. The maximum atomic E-state index is 13.2. The number of nitrogens with zero attached hydrogens (tertiary/aromatic N) is 2. The molecular weight excluding hydrogens is 362 g/mol. The van der Waals surface area contributed by atoms with E-state index in [0.717, 1.165) is 51.0 Å². The van der Waals surface area contributed by atoms with Gasteiger partial charge in [0.05, 0.1) is 6.04 Å². The van der Waals surface area contributed by atoms with Crippen LogP contribution in [0.5, 0.6) is 0 Å². The summed E-state index contributed by atoms with van der Waals surface area (Å²) in [5, 5.41) is 3.20. The number of hydrogen-bond donors (Lipinski definition) is 1. The van der Waals surface area contributed by atoms with E-state index in [2.05, 4.69) is 42.3 Å². The van der Waals surface area contributed by atoms with Gasteiger partial charge in [0.15, 0.2) is 0 Å². The first-order valence-electron chi connectivity index (χ1n) is 11.4. The molecule has 3 rings (SSSR count). The third-order valence-electron chi connectivity index (χ3n) is 6.72. The molecule has 1 aliphatic heterocycles. The fourth-order valence-electron chi connectivity index (χ4n) is 4.77. The lowest BCUT2D eigenvalue weighted by Crippen LogP contribution is -2.58. The van der Waals surface area contributed by atoms with Crippen LogP contribution in [0.15, 0.2) is 24.3 Å². The van der Waals surface area contributed by atoms with Crippen molar-refractivity contribution in [2.45, 2.75) is 65.5 Å². The second-order valence-corrected chi connectivity index (χ2v) is 8.87. The summed E-state index contributed by atoms with van der Waals surface area (Å²) >= 11 is 0. The van der Waals surface area contributed by atoms with Crippen LogP contribution < -0.4 is 5.32 Å². The molecule has 1 aromatic carbocycles. The molecule has 2 fully saturated rings. The number of carbonyl (C=O) groups is 2. The quantitative estimate of drug-likeness (QED) is 0.765. The topological polar surface area (TPSA) is 52.7 Å². The van der Waals surface area contributed by atoms with Gasteiger partial charge in [-0.25, -0.2) is 0 Å². The van der Waals surface area contributed by atoms with Crippen LogP contribution >= 0.6 is 0 Å². The lowest BCUT2D eigenvalue weighted by atomic mass is 9.94. The van der Waals surface area contributed by atoms with Crippen molar-refractivity contribution in [2.75, 3.05) is 26.2 Å². The van der Waals surface area contributed by atoms with E-state index < -0.39 is 0 Å². The summed E-state index contributed by atoms with van der Waals surface area (Å²) in [5.41, 5.74) is 2.36. The Bertz CT molecular complexity index is 691. The van der Waals surface area contributed by atoms with Crippen molar-refractivity contribution in [1.29, 1.82) is 0 Å². The molecule has 0 unspecified atom stereocenters. The van der Waals surface area contributed by atoms with Gasteiger partial charge in [-0.1, -0.05) is 56.5 Å². The van der Waals surface area contributed by atoms with Gasteiger partial charge in [-0.05, 0) is 37.7 Å². The summed E-state index contributed by atoms with van der Waals surface area (Å²) in [7, 11) is 0. The molecule has 0 aromatic heterocycles. The van der Waals surface area contributed by atoms with Crippen molar-refractivity contribution in [3.05, 3.63) is 35.4 Å². The van der Waals surface area contributed by atoms with Crippen LogP contribution in [0.2, 0.25) is 0 Å². The van der Waals surface area contributed by atoms with E-state index in [1.54, 1.807) is 0 Å². The molecule has 2 amide bonds. The van der Waals surface area contributed by atoms with Crippen LogP contribution in [-0.4, -0.2) is 53.8 Å². The Labute approximate surface area is 175 Å². The first-order chi connectivity index (χ1) is 14.0. The third kappa shape index (κ3) is 5.59. The van der Waals surface area contributed by atoms with Crippen molar-refractivity contribution >= 4 is 11.8 Å². The fraction of sp³-hybridized carbons (Fsp3) is 0.667. The second kappa shape index (κ2) is 10.2. The number of benzene rings is 1. The normalized spacial score (nSPS) is 20.4. The van der Waals surface area contributed by atoms with Crippen molar-refractivity contribution in [3.8, 4) is 0 Å². The van der Waals surface area contributed by atoms with E-state index in [0.29, 0.717) is 12.5 Å². The second-order valence-electron chi connectivity index (χ2n) is 8.87. The van der Waals surface area contributed by atoms with Crippen molar-refractivity contribution in [1.82, 2.24) is 15.1 Å². The van der Waals surface area contributed by atoms with Gasteiger partial charge in [-0.2, -0.15) is 0 Å². The summed E-state index contributed by atoms with van der Waals surface area (Å²) < 4.78 is 0. The Kier molecular flexibility index (Phi) is 7.70. The Balaban J connectivity index is 1.61. The van der Waals surface area contributed by atoms with Gasteiger partial charge in [0.1, 0.15) is 0 Å². The van der Waals surface area contributed by atoms with E-state index in [4.69, 9.17) is 0 Å². The van der Waals surface area contributed by atoms with E-state index in [9.17, 15) is 9.59 Å². The molecule has 2 atom stereocenters. The Morgan fingerprint density at radius 2 is 1.83 bits per heavy atom. The summed E-state index contributed by atoms with van der Waals surface area (Å²) in [6.07, 6.45) is 5.59. The van der Waals surface area contributed by atoms with Crippen LogP contribution in [0.25, 0.3) is 0 Å². The van der Waals surface area contributed by atoms with Gasteiger partial charge >= 0.3 is 0 Å². The van der Waals surface area contributed by atoms with Crippen molar-refractivity contribution < 1.29 is 9.59 Å². The fourth-order valence-corrected chi connectivity index (χ4v) is 4.77. The summed E-state index contributed by atoms with van der Waals surface area (Å²) in [5.74, 6) is 0.933. The standard InChI is InChI=1S/C24H37N3O2/c1-4-19(3)24(29)27-14-12-26(13-15-27)22(21-10-5-6-11-21)23(28)25-17-20-9-7-8-18(2)16-20/h7-9,16,19,21-22H,4-6,10-15,17H2,1-3H3,(H,25,28)/t19-,22-/m0/s1. The Morgan fingerprint density at radius 3 is 2.45 bits per heavy atom. The third-order valence-corrected chi connectivity index (χ3v) is 6.72. The number of nitrogens with one attached hydrogen (secondary N) is 1. The molecule has 0 radical (unpaired) electrons. The predicted molar refractivity (Wildman–Crippen MR) is 116 cm³/mol. The smallest absolute Gasteiger partial charge is 0.237 e. The predicted octanol–water partition coefficient (Wildman–Crippen LogP) is 3.36. The largest absolute Gasteiger partial charge is 0.351 e. The first-order valence-corrected chi connectivity index (χ1v) is 11.4. The number of amides is 2. The van der Waals surface area contributed by atoms with E-state index in [-0.39, 0.29) is 23.8 Å². The van der Waals surface area contributed by atoms with Gasteiger partial charge in [0, 0.05) is 38.6 Å². The molecule has 2 aliphatic rings. The van der Waals surface area contributed by atoms with Crippen LogP contribution in [0.1, 0.15) is 57.1 Å². The maximum absolute atomic E-state index is 13.2. The molecule has 1 N–H and O–H groups in total. The molecule has 160 valence electrons. The van der Waals surface area contributed by atoms with Gasteiger partial charge < -0.3 is 10.2 Å². The molecule has 0 bridgehead atoms. The summed E-state index contributed by atoms with van der Waals surface area (Å²) in [4.78, 5) is 30.1. The highest BCUT2D eigenvalue weighted by Gasteiger charge is 2.37. The molecule has 1 saturated heterocycles. The highest BCUT2D eigenvalue weighted by atomic mass is 16.2. The zero-order valence-electron chi connectivity index (χ0n) is 18.3. The monoisotopic (exact) mass is 399 g/mol. The number of carbonyl (C=O) groups excluding carboxylic acids is 2. The van der Waals surface area contributed by atoms with Crippen molar-refractivity contribution in [2.24, 2.45) is 11.8 Å². The van der Waals surface area contributed by atoms with Gasteiger partial charge in [-0.15, -0.1) is 0 Å². The van der Waals surface area contributed by atoms with Crippen LogP contribution in [0.4, 0.5) is 0 Å². The number of hydrogen-bond acceptors (Lipinski definition) is 3. The number of piperazine rings is 1. The molecule has 29 heavy (non-hydrogen) atoms. The SMILES string of the molecule is CC[C@H](C)C(=O)N1CCN([C@H](C(=O)NCc2cccc(C)c2)C2CCCC2)CC1. The Morgan fingerprint density at radius 1 is 1.14 bits per heavy atom. The Hall–Kier alpha value is -1.88. The molecule has 1 aromatic rings. The zero-order chi connectivity index (χ0) is 20.8. The minimum Gasteiger partial charge on any atom is -0.351 e. The average molecular weight is 400 g/mol. The van der Waals surface area contributed by atoms with Crippen LogP contribution in [0.3, 0.4) is 0 Å². The molecule has 5 nitrogen and oxygen atoms in total. The van der Waals surface area contributed by atoms with E-state index in [1.807, 2.05) is 17.9 Å². The van der Waals surface area contributed by atoms with Crippen molar-refractivity contribution in [3.63, 3.8) is 0 Å². The van der Waals surface area contributed by atoms with E-state index in [1.165, 1.54) is 18.4 Å². The number of rotatable bonds is 7. The molecule has 1 aliphatic carbocycles. The highest BCUT2D eigenvalue weighted by Crippen LogP contribution is 2.31.